The standard InChI is InChI=1S/C23H25N3O2/c1-17-19(15-26(25-17)21-10-3-2-4-11-21)9-7-13-24-23(27)20-14-18-8-5-6-12-22(18)28-16-20/h2-6,8,10-12,15,20H,7,9,13-14,16H2,1H3,(H,24,27). The SMILES string of the molecule is Cc1nn(-c2ccccc2)cc1CCCNC(=O)C1COc2ccccc2C1. The van der Waals surface area contributed by atoms with Crippen molar-refractivity contribution >= 4 is 5.91 Å². The van der Waals surface area contributed by atoms with Gasteiger partial charge in [0.05, 0.1) is 17.3 Å². The Labute approximate surface area is 165 Å². The number of aryl methyl sites for hydroxylation is 2. The first-order valence-electron chi connectivity index (χ1n) is 9.79. The highest BCUT2D eigenvalue weighted by molar-refractivity contribution is 5.79. The van der Waals surface area contributed by atoms with Crippen molar-refractivity contribution in [2.45, 2.75) is 26.2 Å². The number of ether oxygens (including phenoxy) is 1. The molecule has 0 aliphatic carbocycles. The maximum Gasteiger partial charge on any atom is 0.226 e. The van der Waals surface area contributed by atoms with Gasteiger partial charge in [0.1, 0.15) is 12.4 Å². The van der Waals surface area contributed by atoms with E-state index < -0.39 is 0 Å². The highest BCUT2D eigenvalue weighted by Gasteiger charge is 2.25. The lowest BCUT2D eigenvalue weighted by atomic mass is 9.96. The largest absolute Gasteiger partial charge is 0.492 e. The second kappa shape index (κ2) is 8.30. The third kappa shape index (κ3) is 4.09. The number of para-hydroxylation sites is 2. The van der Waals surface area contributed by atoms with Crippen molar-refractivity contribution in [2.75, 3.05) is 13.2 Å². The smallest absolute Gasteiger partial charge is 0.226 e. The van der Waals surface area contributed by atoms with Gasteiger partial charge in [-0.3, -0.25) is 4.79 Å². The summed E-state index contributed by atoms with van der Waals surface area (Å²) in [6, 6.07) is 18.0. The van der Waals surface area contributed by atoms with Gasteiger partial charge in [-0.2, -0.15) is 5.10 Å². The molecule has 0 spiro atoms. The van der Waals surface area contributed by atoms with Crippen LogP contribution >= 0.6 is 0 Å². The van der Waals surface area contributed by atoms with Crippen molar-refractivity contribution in [3.63, 3.8) is 0 Å². The molecule has 3 aromatic rings. The third-order valence-electron chi connectivity index (χ3n) is 5.19. The number of fused-ring (bicyclic) bond motifs is 1. The van der Waals surface area contributed by atoms with Crippen LogP contribution in [0.4, 0.5) is 0 Å². The van der Waals surface area contributed by atoms with Gasteiger partial charge < -0.3 is 10.1 Å². The lowest BCUT2D eigenvalue weighted by molar-refractivity contribution is -0.126. The molecule has 4 rings (SSSR count). The van der Waals surface area contributed by atoms with Crippen LogP contribution in [0, 0.1) is 12.8 Å². The van der Waals surface area contributed by atoms with E-state index in [4.69, 9.17) is 4.74 Å². The molecule has 1 atom stereocenters. The van der Waals surface area contributed by atoms with Gasteiger partial charge in [0.15, 0.2) is 0 Å². The van der Waals surface area contributed by atoms with Crippen LogP contribution in [-0.2, 0) is 17.6 Å². The second-order valence-electron chi connectivity index (χ2n) is 7.23. The Kier molecular flexibility index (Phi) is 5.42. The molecule has 1 aliphatic heterocycles. The van der Waals surface area contributed by atoms with Crippen molar-refractivity contribution in [3.05, 3.63) is 77.6 Å². The highest BCUT2D eigenvalue weighted by atomic mass is 16.5. The van der Waals surface area contributed by atoms with Gasteiger partial charge in [-0.25, -0.2) is 4.68 Å². The molecule has 0 saturated heterocycles. The Morgan fingerprint density at radius 3 is 2.82 bits per heavy atom. The minimum Gasteiger partial charge on any atom is -0.492 e. The number of rotatable bonds is 6. The minimum absolute atomic E-state index is 0.0752. The Morgan fingerprint density at radius 2 is 1.96 bits per heavy atom. The predicted molar refractivity (Wildman–Crippen MR) is 109 cm³/mol. The van der Waals surface area contributed by atoms with Crippen molar-refractivity contribution < 1.29 is 9.53 Å². The average Bonchev–Trinajstić information content (AvgIpc) is 3.12. The molecule has 1 N–H and O–H groups in total. The van der Waals surface area contributed by atoms with Gasteiger partial charge in [-0.15, -0.1) is 0 Å². The van der Waals surface area contributed by atoms with Crippen molar-refractivity contribution in [3.8, 4) is 11.4 Å². The maximum absolute atomic E-state index is 12.5. The molecule has 1 aliphatic rings. The first-order chi connectivity index (χ1) is 13.7. The summed E-state index contributed by atoms with van der Waals surface area (Å²) in [6.45, 7) is 3.14. The van der Waals surface area contributed by atoms with Crippen LogP contribution in [0.25, 0.3) is 5.69 Å². The van der Waals surface area contributed by atoms with E-state index in [1.54, 1.807) is 0 Å². The fourth-order valence-electron chi connectivity index (χ4n) is 3.59. The summed E-state index contributed by atoms with van der Waals surface area (Å²) < 4.78 is 7.64. The summed E-state index contributed by atoms with van der Waals surface area (Å²) in [6.07, 6.45) is 4.60. The quantitative estimate of drug-likeness (QED) is 0.671. The molecule has 144 valence electrons. The molecule has 1 unspecified atom stereocenters. The summed E-state index contributed by atoms with van der Waals surface area (Å²) in [5, 5.41) is 7.67. The van der Waals surface area contributed by atoms with Gasteiger partial charge >= 0.3 is 0 Å². The summed E-state index contributed by atoms with van der Waals surface area (Å²) in [5.41, 5.74) is 4.42. The molecule has 0 bridgehead atoms. The van der Waals surface area contributed by atoms with E-state index in [1.165, 1.54) is 5.56 Å². The molecule has 2 heterocycles. The number of carbonyl (C=O) groups is 1. The van der Waals surface area contributed by atoms with E-state index in [0.717, 1.165) is 42.0 Å². The summed E-state index contributed by atoms with van der Waals surface area (Å²) >= 11 is 0. The Hall–Kier alpha value is -3.08. The van der Waals surface area contributed by atoms with Gasteiger partial charge in [0.2, 0.25) is 5.91 Å². The molecular weight excluding hydrogens is 350 g/mol. The van der Waals surface area contributed by atoms with Crippen molar-refractivity contribution in [1.29, 1.82) is 0 Å². The zero-order chi connectivity index (χ0) is 19.3. The van der Waals surface area contributed by atoms with Crippen LogP contribution in [0.5, 0.6) is 5.75 Å². The van der Waals surface area contributed by atoms with Gasteiger partial charge in [-0.1, -0.05) is 36.4 Å². The number of benzene rings is 2. The van der Waals surface area contributed by atoms with Crippen LogP contribution < -0.4 is 10.1 Å². The average molecular weight is 375 g/mol. The lowest BCUT2D eigenvalue weighted by Gasteiger charge is -2.24. The van der Waals surface area contributed by atoms with E-state index in [9.17, 15) is 4.79 Å². The Morgan fingerprint density at radius 1 is 1.18 bits per heavy atom. The van der Waals surface area contributed by atoms with E-state index in [1.807, 2.05) is 66.2 Å². The molecule has 5 heteroatoms. The molecular formula is C23H25N3O2. The van der Waals surface area contributed by atoms with E-state index in [2.05, 4.69) is 16.6 Å². The molecule has 1 amide bonds. The van der Waals surface area contributed by atoms with Crippen molar-refractivity contribution in [2.24, 2.45) is 5.92 Å². The topological polar surface area (TPSA) is 56.2 Å². The number of nitrogens with one attached hydrogen (secondary N) is 1. The summed E-state index contributed by atoms with van der Waals surface area (Å²) in [7, 11) is 0. The molecule has 2 aromatic carbocycles. The molecule has 0 fully saturated rings. The zero-order valence-electron chi connectivity index (χ0n) is 16.1. The summed E-state index contributed by atoms with van der Waals surface area (Å²) in [4.78, 5) is 12.5. The number of nitrogens with zero attached hydrogens (tertiary/aromatic N) is 2. The van der Waals surface area contributed by atoms with Gasteiger partial charge in [0.25, 0.3) is 0 Å². The number of hydrogen-bond acceptors (Lipinski definition) is 3. The Balaban J connectivity index is 1.26. The second-order valence-corrected chi connectivity index (χ2v) is 7.23. The molecule has 5 nitrogen and oxygen atoms in total. The van der Waals surface area contributed by atoms with E-state index in [0.29, 0.717) is 13.2 Å². The van der Waals surface area contributed by atoms with E-state index in [-0.39, 0.29) is 11.8 Å². The van der Waals surface area contributed by atoms with Crippen LogP contribution in [0.1, 0.15) is 23.2 Å². The maximum atomic E-state index is 12.5. The molecule has 1 aromatic heterocycles. The fourth-order valence-corrected chi connectivity index (χ4v) is 3.59. The zero-order valence-corrected chi connectivity index (χ0v) is 16.1. The number of hydrogen-bond donors (Lipinski definition) is 1. The first kappa shape index (κ1) is 18.3. The monoisotopic (exact) mass is 375 g/mol. The third-order valence-corrected chi connectivity index (χ3v) is 5.19. The van der Waals surface area contributed by atoms with Gasteiger partial charge in [0, 0.05) is 12.7 Å². The molecule has 0 saturated carbocycles. The van der Waals surface area contributed by atoms with E-state index >= 15 is 0 Å². The highest BCUT2D eigenvalue weighted by Crippen LogP contribution is 2.26. The fraction of sp³-hybridized carbons (Fsp3) is 0.304. The number of aromatic nitrogens is 2. The van der Waals surface area contributed by atoms with Crippen LogP contribution in [-0.4, -0.2) is 28.8 Å². The number of amides is 1. The Bertz CT molecular complexity index is 949. The van der Waals surface area contributed by atoms with Crippen LogP contribution in [0.2, 0.25) is 0 Å². The first-order valence-corrected chi connectivity index (χ1v) is 9.79. The normalized spacial score (nSPS) is 15.5. The minimum atomic E-state index is -0.113. The number of carbonyl (C=O) groups excluding carboxylic acids is 1. The van der Waals surface area contributed by atoms with Gasteiger partial charge in [-0.05, 0) is 55.5 Å². The molecule has 28 heavy (non-hydrogen) atoms. The summed E-state index contributed by atoms with van der Waals surface area (Å²) in [5.74, 6) is 0.862. The van der Waals surface area contributed by atoms with Crippen LogP contribution in [0.15, 0.2) is 60.8 Å². The lowest BCUT2D eigenvalue weighted by Crippen LogP contribution is -2.37. The van der Waals surface area contributed by atoms with Crippen molar-refractivity contribution in [1.82, 2.24) is 15.1 Å². The molecule has 0 radical (unpaired) electrons. The van der Waals surface area contributed by atoms with Crippen LogP contribution in [0.3, 0.4) is 0 Å². The predicted octanol–water partition coefficient (Wildman–Crippen LogP) is 3.48.